The largest absolute Gasteiger partial charge is 0.465 e. The minimum atomic E-state index is -1.67. The third-order valence-corrected chi connectivity index (χ3v) is 6.43. The first-order chi connectivity index (χ1) is 13.3. The van der Waals surface area contributed by atoms with Crippen LogP contribution < -0.4 is 4.74 Å². The molecular formula is C22H19BrO5. The molecule has 2 aromatic rings. The first kappa shape index (κ1) is 18.9. The molecule has 144 valence electrons. The molecule has 2 aromatic carbocycles. The van der Waals surface area contributed by atoms with Gasteiger partial charge in [-0.3, -0.25) is 14.4 Å². The fourth-order valence-electron chi connectivity index (χ4n) is 4.48. The third kappa shape index (κ3) is 2.27. The SMILES string of the molecule is CCOC(=O)[C@@]12C(=O)Oc3ccc(Br)cc3[C@@H]1[C@@]2(C)C(=O)c1ccc(C)cc1. The number of hydrogen-bond acceptors (Lipinski definition) is 5. The maximum Gasteiger partial charge on any atom is 0.330 e. The Hall–Kier alpha value is -2.47. The number of benzene rings is 2. The van der Waals surface area contributed by atoms with Crippen LogP contribution in [0.2, 0.25) is 0 Å². The van der Waals surface area contributed by atoms with Crippen molar-refractivity contribution in [1.82, 2.24) is 0 Å². The van der Waals surface area contributed by atoms with Gasteiger partial charge in [-0.25, -0.2) is 0 Å². The molecule has 5 nitrogen and oxygen atoms in total. The summed E-state index contributed by atoms with van der Waals surface area (Å²) in [6.45, 7) is 5.37. The van der Waals surface area contributed by atoms with Gasteiger partial charge in [0.15, 0.2) is 11.2 Å². The van der Waals surface area contributed by atoms with Crippen molar-refractivity contribution in [1.29, 1.82) is 0 Å². The van der Waals surface area contributed by atoms with E-state index >= 15 is 0 Å². The number of aryl methyl sites for hydroxylation is 1. The average Bonchev–Trinajstić information content (AvgIpc) is 3.26. The zero-order valence-electron chi connectivity index (χ0n) is 15.7. The summed E-state index contributed by atoms with van der Waals surface area (Å²) < 4.78 is 11.5. The summed E-state index contributed by atoms with van der Waals surface area (Å²) in [6, 6.07) is 12.3. The Bertz CT molecular complexity index is 1010. The van der Waals surface area contributed by atoms with Crippen LogP contribution in [0.3, 0.4) is 0 Å². The summed E-state index contributed by atoms with van der Waals surface area (Å²) in [4.78, 5) is 39.6. The second kappa shape index (κ2) is 6.27. The highest BCUT2D eigenvalue weighted by Gasteiger charge is 2.89. The number of rotatable bonds is 4. The van der Waals surface area contributed by atoms with E-state index in [1.54, 1.807) is 44.2 Å². The fourth-order valence-corrected chi connectivity index (χ4v) is 4.86. The monoisotopic (exact) mass is 442 g/mol. The van der Waals surface area contributed by atoms with E-state index in [1.165, 1.54) is 0 Å². The number of ether oxygens (including phenoxy) is 2. The van der Waals surface area contributed by atoms with E-state index in [0.717, 1.165) is 10.0 Å². The summed E-state index contributed by atoms with van der Waals surface area (Å²) >= 11 is 3.42. The lowest BCUT2D eigenvalue weighted by molar-refractivity contribution is -0.162. The van der Waals surface area contributed by atoms with Gasteiger partial charge in [-0.2, -0.15) is 0 Å². The molecule has 0 aromatic heterocycles. The fraction of sp³-hybridized carbons (Fsp3) is 0.318. The first-order valence-electron chi connectivity index (χ1n) is 9.08. The molecule has 0 bridgehead atoms. The Labute approximate surface area is 171 Å². The van der Waals surface area contributed by atoms with E-state index in [2.05, 4.69) is 15.9 Å². The van der Waals surface area contributed by atoms with Crippen molar-refractivity contribution >= 4 is 33.7 Å². The predicted octanol–water partition coefficient (Wildman–Crippen LogP) is 4.21. The van der Waals surface area contributed by atoms with Gasteiger partial charge in [0.05, 0.1) is 12.0 Å². The van der Waals surface area contributed by atoms with Crippen LogP contribution in [0.25, 0.3) is 0 Å². The molecule has 1 saturated carbocycles. The number of Topliss-reactive ketones (excluding diaryl/α,β-unsaturated/α-hetero) is 1. The molecule has 0 amide bonds. The van der Waals surface area contributed by atoms with Gasteiger partial charge in [0.25, 0.3) is 0 Å². The lowest BCUT2D eigenvalue weighted by atomic mass is 9.86. The van der Waals surface area contributed by atoms with Crippen molar-refractivity contribution in [2.24, 2.45) is 10.8 Å². The molecule has 0 saturated heterocycles. The Kier molecular flexibility index (Phi) is 4.23. The summed E-state index contributed by atoms with van der Waals surface area (Å²) in [5.41, 5.74) is -0.819. The van der Waals surface area contributed by atoms with Crippen LogP contribution in [0, 0.1) is 17.8 Å². The molecule has 0 unspecified atom stereocenters. The highest BCUT2D eigenvalue weighted by atomic mass is 79.9. The number of hydrogen-bond donors (Lipinski definition) is 0. The molecule has 4 rings (SSSR count). The Morgan fingerprint density at radius 2 is 1.86 bits per heavy atom. The van der Waals surface area contributed by atoms with E-state index in [0.29, 0.717) is 16.9 Å². The normalized spacial score (nSPS) is 27.3. The summed E-state index contributed by atoms with van der Waals surface area (Å²) in [7, 11) is 0. The number of carbonyl (C=O) groups is 3. The highest BCUT2D eigenvalue weighted by molar-refractivity contribution is 9.10. The minimum Gasteiger partial charge on any atom is -0.465 e. The standard InChI is InChI=1S/C22H19BrO5/c1-4-27-19(25)22-17(15-11-14(23)9-10-16(15)28-20(22)26)21(22,3)18(24)13-7-5-12(2)6-8-13/h5-11,17H,4H2,1-3H3/t17-,21+,22-/m1/s1. The minimum absolute atomic E-state index is 0.112. The van der Waals surface area contributed by atoms with E-state index in [-0.39, 0.29) is 12.4 Å². The van der Waals surface area contributed by atoms with Crippen LogP contribution in [-0.4, -0.2) is 24.3 Å². The van der Waals surface area contributed by atoms with Gasteiger partial charge >= 0.3 is 11.9 Å². The number of fused-ring (bicyclic) bond motifs is 3. The van der Waals surface area contributed by atoms with Gasteiger partial charge in [-0.15, -0.1) is 0 Å². The van der Waals surface area contributed by atoms with Crippen LogP contribution in [0.4, 0.5) is 0 Å². The smallest absolute Gasteiger partial charge is 0.330 e. The zero-order valence-corrected chi connectivity index (χ0v) is 17.3. The maximum atomic E-state index is 13.5. The highest BCUT2D eigenvalue weighted by Crippen LogP contribution is 2.78. The molecule has 28 heavy (non-hydrogen) atoms. The van der Waals surface area contributed by atoms with Crippen LogP contribution >= 0.6 is 15.9 Å². The van der Waals surface area contributed by atoms with E-state index in [9.17, 15) is 14.4 Å². The molecular weight excluding hydrogens is 424 g/mol. The molecule has 1 aliphatic heterocycles. The van der Waals surface area contributed by atoms with Gasteiger partial charge in [0.1, 0.15) is 5.75 Å². The molecule has 1 fully saturated rings. The number of esters is 2. The van der Waals surface area contributed by atoms with Crippen molar-refractivity contribution in [3.05, 3.63) is 63.6 Å². The van der Waals surface area contributed by atoms with Gasteiger partial charge < -0.3 is 9.47 Å². The third-order valence-electron chi connectivity index (χ3n) is 5.94. The molecule has 0 N–H and O–H groups in total. The lowest BCUT2D eigenvalue weighted by Gasteiger charge is -2.22. The van der Waals surface area contributed by atoms with Crippen LogP contribution in [0.5, 0.6) is 5.75 Å². The molecule has 6 heteroatoms. The number of ketones is 1. The predicted molar refractivity (Wildman–Crippen MR) is 105 cm³/mol. The maximum absolute atomic E-state index is 13.5. The lowest BCUT2D eigenvalue weighted by Crippen LogP contribution is -2.40. The van der Waals surface area contributed by atoms with Crippen LogP contribution in [0.1, 0.15) is 41.3 Å². The van der Waals surface area contributed by atoms with Crippen molar-refractivity contribution in [3.63, 3.8) is 0 Å². The molecule has 0 spiro atoms. The molecule has 1 heterocycles. The van der Waals surface area contributed by atoms with Gasteiger partial charge in [0, 0.05) is 21.5 Å². The van der Waals surface area contributed by atoms with Gasteiger partial charge in [-0.1, -0.05) is 45.8 Å². The van der Waals surface area contributed by atoms with Crippen molar-refractivity contribution in [3.8, 4) is 5.75 Å². The number of halogens is 1. The van der Waals surface area contributed by atoms with Crippen molar-refractivity contribution in [2.45, 2.75) is 26.7 Å². The Morgan fingerprint density at radius 3 is 2.50 bits per heavy atom. The topological polar surface area (TPSA) is 69.7 Å². The quantitative estimate of drug-likeness (QED) is 0.307. The van der Waals surface area contributed by atoms with Crippen molar-refractivity contribution in [2.75, 3.05) is 6.61 Å². The molecule has 3 atom stereocenters. The molecule has 0 radical (unpaired) electrons. The second-order valence-electron chi connectivity index (χ2n) is 7.43. The Balaban J connectivity index is 1.90. The molecule has 2 aliphatic rings. The average molecular weight is 443 g/mol. The van der Waals surface area contributed by atoms with Crippen LogP contribution in [0.15, 0.2) is 46.9 Å². The summed E-state index contributed by atoms with van der Waals surface area (Å²) in [5, 5.41) is 0. The second-order valence-corrected chi connectivity index (χ2v) is 8.35. The van der Waals surface area contributed by atoms with E-state index in [1.807, 2.05) is 19.1 Å². The summed E-state index contributed by atoms with van der Waals surface area (Å²) in [6.07, 6.45) is 0. The Morgan fingerprint density at radius 1 is 1.18 bits per heavy atom. The van der Waals surface area contributed by atoms with Gasteiger partial charge in [0.2, 0.25) is 0 Å². The van der Waals surface area contributed by atoms with Gasteiger partial charge in [-0.05, 0) is 39.0 Å². The first-order valence-corrected chi connectivity index (χ1v) is 9.88. The summed E-state index contributed by atoms with van der Waals surface area (Å²) in [5.74, 6) is -1.97. The zero-order chi connectivity index (χ0) is 20.3. The van der Waals surface area contributed by atoms with Crippen LogP contribution in [-0.2, 0) is 14.3 Å². The number of carbonyl (C=O) groups excluding carboxylic acids is 3. The molecule has 1 aliphatic carbocycles. The van der Waals surface area contributed by atoms with E-state index < -0.39 is 28.7 Å². The van der Waals surface area contributed by atoms with Crippen molar-refractivity contribution < 1.29 is 23.9 Å². The van der Waals surface area contributed by atoms with E-state index in [4.69, 9.17) is 9.47 Å².